The van der Waals surface area contributed by atoms with E-state index >= 15 is 0 Å². The number of likely N-dealkylation sites (N-methyl/N-ethyl adjacent to an activating group) is 1. The van der Waals surface area contributed by atoms with E-state index in [4.69, 9.17) is 9.47 Å². The zero-order valence-corrected chi connectivity index (χ0v) is 19.0. The van der Waals surface area contributed by atoms with Gasteiger partial charge >= 0.3 is 18.3 Å². The smallest absolute Gasteiger partial charge is 0.433 e. The van der Waals surface area contributed by atoms with Gasteiger partial charge in [0.05, 0.1) is 38.6 Å². The fourth-order valence-electron chi connectivity index (χ4n) is 3.38. The summed E-state index contributed by atoms with van der Waals surface area (Å²) in [4.78, 5) is 29.8. The number of rotatable bonds is 5. The van der Waals surface area contributed by atoms with Gasteiger partial charge in [0.25, 0.3) is 0 Å². The first-order chi connectivity index (χ1) is 16.0. The molecule has 3 amide bonds. The molecule has 0 saturated heterocycles. The number of halogens is 3. The van der Waals surface area contributed by atoms with Crippen molar-refractivity contribution in [3.63, 3.8) is 0 Å². The van der Waals surface area contributed by atoms with E-state index in [1.54, 1.807) is 31.2 Å². The number of carbonyl (C=O) groups is 2. The number of hydrazone groups is 1. The Morgan fingerprint density at radius 1 is 1.18 bits per heavy atom. The minimum absolute atomic E-state index is 0.0524. The zero-order chi connectivity index (χ0) is 25.0. The number of urea groups is 1. The minimum atomic E-state index is -4.55. The second kappa shape index (κ2) is 9.98. The Kier molecular flexibility index (Phi) is 7.28. The second-order valence-electron chi connectivity index (χ2n) is 7.54. The molecular weight excluding hydrogens is 455 g/mol. The fourth-order valence-corrected chi connectivity index (χ4v) is 3.38. The van der Waals surface area contributed by atoms with Crippen LogP contribution in [-0.4, -0.2) is 66.6 Å². The summed E-state index contributed by atoms with van der Waals surface area (Å²) < 4.78 is 48.2. The van der Waals surface area contributed by atoms with Crippen molar-refractivity contribution in [3.8, 4) is 5.75 Å². The van der Waals surface area contributed by atoms with Gasteiger partial charge in [0, 0.05) is 18.8 Å². The number of alkyl halides is 3. The number of nitrogens with one attached hydrogen (secondary N) is 1. The first-order valence-electron chi connectivity index (χ1n) is 10.2. The number of ether oxygens (including phenoxy) is 2. The third kappa shape index (κ3) is 5.38. The van der Waals surface area contributed by atoms with Crippen LogP contribution in [0, 0.1) is 0 Å². The summed E-state index contributed by atoms with van der Waals surface area (Å²) >= 11 is 0. The Balaban J connectivity index is 1.79. The van der Waals surface area contributed by atoms with Gasteiger partial charge in [-0.25, -0.2) is 14.6 Å². The van der Waals surface area contributed by atoms with Gasteiger partial charge in [-0.05, 0) is 42.8 Å². The monoisotopic (exact) mass is 479 g/mol. The van der Waals surface area contributed by atoms with Gasteiger partial charge in [0.15, 0.2) is 0 Å². The van der Waals surface area contributed by atoms with Crippen LogP contribution in [0.3, 0.4) is 0 Å². The molecule has 1 aliphatic rings. The van der Waals surface area contributed by atoms with Gasteiger partial charge in [0.1, 0.15) is 11.4 Å². The molecule has 1 aromatic heterocycles. The molecule has 3 rings (SSSR count). The molecule has 0 bridgehead atoms. The van der Waals surface area contributed by atoms with Gasteiger partial charge < -0.3 is 19.7 Å². The van der Waals surface area contributed by atoms with Crippen LogP contribution in [0.4, 0.5) is 22.8 Å². The van der Waals surface area contributed by atoms with Crippen LogP contribution in [0.2, 0.25) is 0 Å². The topological polar surface area (TPSA) is 96.4 Å². The number of methoxy groups -OCH3 is 2. The summed E-state index contributed by atoms with van der Waals surface area (Å²) in [5.41, 5.74) is 0.520. The summed E-state index contributed by atoms with van der Waals surface area (Å²) in [7, 11) is 4.32. The first kappa shape index (κ1) is 24.8. The molecule has 1 unspecified atom stereocenters. The molecule has 34 heavy (non-hydrogen) atoms. The normalized spacial score (nSPS) is 16.5. The number of pyridine rings is 1. The molecule has 2 atom stereocenters. The lowest BCUT2D eigenvalue weighted by atomic mass is 10.0. The Bertz CT molecular complexity index is 1060. The fraction of sp³-hybridized carbons (Fsp3) is 0.364. The highest BCUT2D eigenvalue weighted by Crippen LogP contribution is 2.28. The summed E-state index contributed by atoms with van der Waals surface area (Å²) in [5.74, 6) is 0.633. The molecule has 1 N–H and O–H groups in total. The average Bonchev–Trinajstić information content (AvgIpc) is 3.28. The van der Waals surface area contributed by atoms with Crippen LogP contribution in [0.15, 0.2) is 47.7 Å². The Morgan fingerprint density at radius 2 is 1.85 bits per heavy atom. The molecule has 1 aromatic carbocycles. The summed E-state index contributed by atoms with van der Waals surface area (Å²) in [5, 5.41) is 8.27. The molecule has 0 radical (unpaired) electrons. The SMILES string of the molecule is COC(=O)N(C)[C@H]1CN(C(=O)NC(C)c2ccc(C(F)(F)F)nc2)N=C1c1ccc(OC)cc1. The molecule has 0 spiro atoms. The molecule has 1 aliphatic heterocycles. The molecule has 2 aromatic rings. The minimum Gasteiger partial charge on any atom is -0.497 e. The number of carbonyl (C=O) groups excluding carboxylic acids is 2. The zero-order valence-electron chi connectivity index (χ0n) is 19.0. The summed E-state index contributed by atoms with van der Waals surface area (Å²) in [6.45, 7) is 1.67. The molecule has 12 heteroatoms. The van der Waals surface area contributed by atoms with Crippen LogP contribution in [0.1, 0.15) is 29.8 Å². The van der Waals surface area contributed by atoms with Crippen LogP contribution in [0.5, 0.6) is 5.75 Å². The molecule has 2 heterocycles. The number of hydrogen-bond donors (Lipinski definition) is 1. The van der Waals surface area contributed by atoms with Gasteiger partial charge in [-0.15, -0.1) is 0 Å². The van der Waals surface area contributed by atoms with Crippen molar-refractivity contribution in [1.82, 2.24) is 20.2 Å². The van der Waals surface area contributed by atoms with E-state index in [0.717, 1.165) is 17.3 Å². The molecule has 9 nitrogen and oxygen atoms in total. The quantitative estimate of drug-likeness (QED) is 0.706. The lowest BCUT2D eigenvalue weighted by Gasteiger charge is -2.25. The van der Waals surface area contributed by atoms with E-state index in [-0.39, 0.29) is 6.54 Å². The van der Waals surface area contributed by atoms with Crippen molar-refractivity contribution in [1.29, 1.82) is 0 Å². The number of benzene rings is 1. The van der Waals surface area contributed by atoms with E-state index in [2.05, 4.69) is 15.4 Å². The van der Waals surface area contributed by atoms with Gasteiger partial charge in [-0.1, -0.05) is 6.07 Å². The predicted octanol–water partition coefficient (Wildman–Crippen LogP) is 3.67. The van der Waals surface area contributed by atoms with Gasteiger partial charge in [-0.2, -0.15) is 18.3 Å². The number of hydrogen-bond acceptors (Lipinski definition) is 6. The highest BCUT2D eigenvalue weighted by molar-refractivity contribution is 6.07. The maximum absolute atomic E-state index is 12.9. The maximum Gasteiger partial charge on any atom is 0.433 e. The van der Waals surface area contributed by atoms with Crippen LogP contribution in [0.25, 0.3) is 0 Å². The standard InChI is InChI=1S/C22H24F3N5O4/c1-13(15-7-10-18(26-11-15)22(23,24)25)27-20(31)30-12-17(29(2)21(32)34-4)19(28-30)14-5-8-16(33-3)9-6-14/h5-11,13,17H,12H2,1-4H3,(H,27,31)/t13?,17-/m0/s1. The van der Waals surface area contributed by atoms with Gasteiger partial charge in [0.2, 0.25) is 0 Å². The third-order valence-corrected chi connectivity index (χ3v) is 5.36. The summed E-state index contributed by atoms with van der Waals surface area (Å²) in [6, 6.07) is 7.28. The Labute approximate surface area is 194 Å². The highest BCUT2D eigenvalue weighted by atomic mass is 19.4. The molecule has 0 fully saturated rings. The molecule has 0 aliphatic carbocycles. The summed E-state index contributed by atoms with van der Waals surface area (Å²) in [6.07, 6.45) is -4.08. The lowest BCUT2D eigenvalue weighted by Crippen LogP contribution is -2.46. The number of aromatic nitrogens is 1. The molecule has 182 valence electrons. The average molecular weight is 479 g/mol. The lowest BCUT2D eigenvalue weighted by molar-refractivity contribution is -0.141. The van der Waals surface area contributed by atoms with Crippen molar-refractivity contribution in [2.24, 2.45) is 5.10 Å². The van der Waals surface area contributed by atoms with E-state index in [9.17, 15) is 22.8 Å². The molecular formula is C22H24F3N5O4. The van der Waals surface area contributed by atoms with Crippen LogP contribution >= 0.6 is 0 Å². The van der Waals surface area contributed by atoms with Crippen LogP contribution < -0.4 is 10.1 Å². The highest BCUT2D eigenvalue weighted by Gasteiger charge is 2.37. The Morgan fingerprint density at radius 3 is 2.38 bits per heavy atom. The van der Waals surface area contributed by atoms with Crippen molar-refractivity contribution in [2.75, 3.05) is 27.8 Å². The molecule has 0 saturated carbocycles. The van der Waals surface area contributed by atoms with E-state index in [1.165, 1.54) is 32.2 Å². The Hall–Kier alpha value is -3.83. The van der Waals surface area contributed by atoms with Gasteiger partial charge in [-0.3, -0.25) is 4.98 Å². The van der Waals surface area contributed by atoms with Crippen molar-refractivity contribution < 1.29 is 32.2 Å². The van der Waals surface area contributed by atoms with E-state index in [0.29, 0.717) is 22.6 Å². The van der Waals surface area contributed by atoms with E-state index < -0.39 is 36.1 Å². The largest absolute Gasteiger partial charge is 0.497 e. The van der Waals surface area contributed by atoms with Crippen LogP contribution in [-0.2, 0) is 10.9 Å². The van der Waals surface area contributed by atoms with Crippen molar-refractivity contribution in [2.45, 2.75) is 25.2 Å². The third-order valence-electron chi connectivity index (χ3n) is 5.36. The first-order valence-corrected chi connectivity index (χ1v) is 10.2. The van der Waals surface area contributed by atoms with E-state index in [1.807, 2.05) is 0 Å². The number of nitrogens with zero attached hydrogens (tertiary/aromatic N) is 4. The number of amides is 3. The van der Waals surface area contributed by atoms with Crippen molar-refractivity contribution >= 4 is 17.8 Å². The van der Waals surface area contributed by atoms with Crippen molar-refractivity contribution in [3.05, 3.63) is 59.4 Å². The second-order valence-corrected chi connectivity index (χ2v) is 7.54. The predicted molar refractivity (Wildman–Crippen MR) is 116 cm³/mol. The maximum atomic E-state index is 12.9.